The van der Waals surface area contributed by atoms with Crippen molar-refractivity contribution in [2.45, 2.75) is 0 Å². The van der Waals surface area contributed by atoms with Crippen molar-refractivity contribution in [3.8, 4) is 0 Å². The Hall–Kier alpha value is -3.82. The lowest BCUT2D eigenvalue weighted by molar-refractivity contribution is 0.100. The number of carbonyl (C=O) groups excluding carboxylic acids is 1. The standard InChI is InChI=1S/C18H21N9O/c19-15-14(16(20)28)17(25-24-15)23-12-2-4-13(5-3-12)26-8-10-27(11-9-26)18-21-6-1-7-22-18/h1-7H,8-11H2,(H2,20,28)(H4,19,23,24,25). The molecule has 3 heterocycles. The van der Waals surface area contributed by atoms with Crippen molar-refractivity contribution in [2.24, 2.45) is 5.73 Å². The molecule has 0 saturated carbocycles. The number of aromatic nitrogens is 4. The SMILES string of the molecule is NC(=O)c1c(Nc2ccc(N3CCN(c4ncccn4)CC3)cc2)n[nH]c1N. The highest BCUT2D eigenvalue weighted by molar-refractivity contribution is 6.02. The fourth-order valence-electron chi connectivity index (χ4n) is 3.21. The number of nitrogen functional groups attached to an aromatic ring is 1. The van der Waals surface area contributed by atoms with Crippen LogP contribution < -0.4 is 26.6 Å². The number of nitrogens with one attached hydrogen (secondary N) is 2. The Bertz CT molecular complexity index is 947. The van der Waals surface area contributed by atoms with Gasteiger partial charge in [0.15, 0.2) is 5.82 Å². The molecule has 1 fully saturated rings. The Morgan fingerprint density at radius 2 is 1.68 bits per heavy atom. The third-order valence-electron chi connectivity index (χ3n) is 4.65. The van der Waals surface area contributed by atoms with Gasteiger partial charge < -0.3 is 26.6 Å². The smallest absolute Gasteiger partial charge is 0.256 e. The Labute approximate surface area is 161 Å². The van der Waals surface area contributed by atoms with E-state index in [-0.39, 0.29) is 11.4 Å². The second-order valence-electron chi connectivity index (χ2n) is 6.42. The molecule has 1 amide bonds. The molecule has 10 nitrogen and oxygen atoms in total. The fourth-order valence-corrected chi connectivity index (χ4v) is 3.21. The molecule has 28 heavy (non-hydrogen) atoms. The predicted molar refractivity (Wildman–Crippen MR) is 108 cm³/mol. The van der Waals surface area contributed by atoms with E-state index in [2.05, 4.69) is 35.3 Å². The molecular weight excluding hydrogens is 358 g/mol. The van der Waals surface area contributed by atoms with Gasteiger partial charge in [-0.05, 0) is 30.3 Å². The summed E-state index contributed by atoms with van der Waals surface area (Å²) < 4.78 is 0. The molecular formula is C18H21N9O. The lowest BCUT2D eigenvalue weighted by Gasteiger charge is -2.36. The molecule has 0 aliphatic carbocycles. The molecule has 1 aliphatic heterocycles. The largest absolute Gasteiger partial charge is 0.383 e. The van der Waals surface area contributed by atoms with Gasteiger partial charge >= 0.3 is 0 Å². The molecule has 1 aromatic carbocycles. The van der Waals surface area contributed by atoms with Crippen molar-refractivity contribution < 1.29 is 4.79 Å². The number of aromatic amines is 1. The second-order valence-corrected chi connectivity index (χ2v) is 6.42. The summed E-state index contributed by atoms with van der Waals surface area (Å²) >= 11 is 0. The molecule has 3 aromatic rings. The number of anilines is 5. The van der Waals surface area contributed by atoms with Crippen LogP contribution in [0.25, 0.3) is 0 Å². The number of amides is 1. The number of H-pyrrole nitrogens is 1. The molecule has 0 radical (unpaired) electrons. The van der Waals surface area contributed by atoms with Crippen molar-refractivity contribution >= 4 is 34.9 Å². The van der Waals surface area contributed by atoms with Crippen LogP contribution in [0.4, 0.5) is 29.0 Å². The van der Waals surface area contributed by atoms with Gasteiger partial charge in [-0.1, -0.05) is 0 Å². The van der Waals surface area contributed by atoms with E-state index >= 15 is 0 Å². The van der Waals surface area contributed by atoms with Gasteiger partial charge in [-0.2, -0.15) is 5.10 Å². The van der Waals surface area contributed by atoms with Crippen LogP contribution in [0.15, 0.2) is 42.7 Å². The van der Waals surface area contributed by atoms with E-state index in [1.165, 1.54) is 0 Å². The van der Waals surface area contributed by atoms with E-state index in [4.69, 9.17) is 11.5 Å². The number of primary amides is 1. The van der Waals surface area contributed by atoms with Crippen LogP contribution in [-0.4, -0.2) is 52.3 Å². The van der Waals surface area contributed by atoms with Gasteiger partial charge in [0.05, 0.1) is 0 Å². The third kappa shape index (κ3) is 3.52. The van der Waals surface area contributed by atoms with E-state index < -0.39 is 5.91 Å². The molecule has 0 spiro atoms. The van der Waals surface area contributed by atoms with Crippen LogP contribution >= 0.6 is 0 Å². The van der Waals surface area contributed by atoms with E-state index in [0.717, 1.165) is 43.5 Å². The maximum atomic E-state index is 11.5. The van der Waals surface area contributed by atoms with Gasteiger partial charge in [0.25, 0.3) is 5.91 Å². The van der Waals surface area contributed by atoms with Crippen molar-refractivity contribution in [1.29, 1.82) is 0 Å². The minimum absolute atomic E-state index is 0.145. The second kappa shape index (κ2) is 7.43. The Balaban J connectivity index is 1.40. The average molecular weight is 379 g/mol. The molecule has 4 rings (SSSR count). The lowest BCUT2D eigenvalue weighted by atomic mass is 10.2. The highest BCUT2D eigenvalue weighted by Gasteiger charge is 2.19. The number of nitrogens with zero attached hydrogens (tertiary/aromatic N) is 5. The van der Waals surface area contributed by atoms with Crippen LogP contribution in [0.2, 0.25) is 0 Å². The topological polar surface area (TPSA) is 142 Å². The van der Waals surface area contributed by atoms with Crippen LogP contribution in [-0.2, 0) is 0 Å². The zero-order valence-electron chi connectivity index (χ0n) is 15.2. The van der Waals surface area contributed by atoms with Gasteiger partial charge in [-0.3, -0.25) is 9.89 Å². The first-order valence-corrected chi connectivity index (χ1v) is 8.89. The molecule has 10 heteroatoms. The summed E-state index contributed by atoms with van der Waals surface area (Å²) in [5.41, 5.74) is 13.1. The van der Waals surface area contributed by atoms with Crippen molar-refractivity contribution in [1.82, 2.24) is 20.2 Å². The summed E-state index contributed by atoms with van der Waals surface area (Å²) in [6, 6.07) is 9.72. The minimum Gasteiger partial charge on any atom is -0.383 e. The monoisotopic (exact) mass is 379 g/mol. The van der Waals surface area contributed by atoms with E-state index in [1.807, 2.05) is 30.3 Å². The Morgan fingerprint density at radius 1 is 1.04 bits per heavy atom. The van der Waals surface area contributed by atoms with Crippen molar-refractivity contribution in [3.63, 3.8) is 0 Å². The zero-order valence-corrected chi connectivity index (χ0v) is 15.2. The number of carbonyl (C=O) groups is 1. The van der Waals surface area contributed by atoms with Crippen LogP contribution in [0.5, 0.6) is 0 Å². The Morgan fingerprint density at radius 3 is 2.32 bits per heavy atom. The molecule has 0 atom stereocenters. The number of rotatable bonds is 5. The summed E-state index contributed by atoms with van der Waals surface area (Å²) in [4.78, 5) is 24.6. The molecule has 1 saturated heterocycles. The Kier molecular flexibility index (Phi) is 4.67. The first kappa shape index (κ1) is 17.6. The maximum absolute atomic E-state index is 11.5. The average Bonchev–Trinajstić information content (AvgIpc) is 3.09. The summed E-state index contributed by atoms with van der Waals surface area (Å²) in [5, 5.41) is 9.62. The van der Waals surface area contributed by atoms with Crippen LogP contribution in [0, 0.1) is 0 Å². The fraction of sp³-hybridized carbons (Fsp3) is 0.222. The number of piperazine rings is 1. The molecule has 6 N–H and O–H groups in total. The number of hydrogen-bond acceptors (Lipinski definition) is 8. The third-order valence-corrected chi connectivity index (χ3v) is 4.65. The minimum atomic E-state index is -0.634. The molecule has 2 aromatic heterocycles. The quantitative estimate of drug-likeness (QED) is 0.513. The van der Waals surface area contributed by atoms with E-state index in [1.54, 1.807) is 12.4 Å². The zero-order chi connectivity index (χ0) is 19.5. The summed E-state index contributed by atoms with van der Waals surface area (Å²) in [6.45, 7) is 3.48. The van der Waals surface area contributed by atoms with Crippen LogP contribution in [0.1, 0.15) is 10.4 Å². The normalized spacial score (nSPS) is 14.1. The van der Waals surface area contributed by atoms with Crippen molar-refractivity contribution in [2.75, 3.05) is 47.0 Å². The van der Waals surface area contributed by atoms with E-state index in [9.17, 15) is 4.79 Å². The molecule has 0 bridgehead atoms. The van der Waals surface area contributed by atoms with Gasteiger partial charge in [0, 0.05) is 49.9 Å². The summed E-state index contributed by atoms with van der Waals surface area (Å²) in [5.74, 6) is 0.594. The van der Waals surface area contributed by atoms with Gasteiger partial charge in [-0.25, -0.2) is 9.97 Å². The molecule has 1 aliphatic rings. The van der Waals surface area contributed by atoms with E-state index in [0.29, 0.717) is 5.82 Å². The van der Waals surface area contributed by atoms with Gasteiger partial charge in [0.1, 0.15) is 11.4 Å². The highest BCUT2D eigenvalue weighted by Crippen LogP contribution is 2.25. The number of benzene rings is 1. The molecule has 0 unspecified atom stereocenters. The highest BCUT2D eigenvalue weighted by atomic mass is 16.1. The predicted octanol–water partition coefficient (Wildman–Crippen LogP) is 0.951. The van der Waals surface area contributed by atoms with Gasteiger partial charge in [-0.15, -0.1) is 0 Å². The maximum Gasteiger partial charge on any atom is 0.256 e. The molecule has 144 valence electrons. The summed E-state index contributed by atoms with van der Waals surface area (Å²) in [6.07, 6.45) is 3.52. The first-order chi connectivity index (χ1) is 13.6. The number of nitrogens with two attached hydrogens (primary N) is 2. The summed E-state index contributed by atoms with van der Waals surface area (Å²) in [7, 11) is 0. The van der Waals surface area contributed by atoms with Gasteiger partial charge in [0.2, 0.25) is 5.95 Å². The lowest BCUT2D eigenvalue weighted by Crippen LogP contribution is -2.47. The number of hydrogen-bond donors (Lipinski definition) is 4. The van der Waals surface area contributed by atoms with Crippen molar-refractivity contribution in [3.05, 3.63) is 48.3 Å². The van der Waals surface area contributed by atoms with Crippen LogP contribution in [0.3, 0.4) is 0 Å². The first-order valence-electron chi connectivity index (χ1n) is 8.89.